The van der Waals surface area contributed by atoms with Crippen LogP contribution in [0.15, 0.2) is 70.6 Å². The van der Waals surface area contributed by atoms with Crippen LogP contribution < -0.4 is 5.36 Å². The lowest BCUT2D eigenvalue weighted by molar-refractivity contribution is 0.162. The number of rotatable bonds is 9. The molecule has 0 aromatic heterocycles. The maximum Gasteiger partial charge on any atom is 0.296 e. The number of aliphatic hydroxyl groups is 2. The SMILES string of the molecule is O=S(=O)(O)c1ccccc1N=c1cc2sc3ccccc3nc-2cc1CCN(CCO)CCO. The molecule has 0 amide bonds. The molecule has 2 aromatic rings. The lowest BCUT2D eigenvalue weighted by Gasteiger charge is -2.20. The highest BCUT2D eigenvalue weighted by Crippen LogP contribution is 2.30. The van der Waals surface area contributed by atoms with E-state index in [2.05, 4.69) is 4.99 Å². The van der Waals surface area contributed by atoms with Gasteiger partial charge in [-0.05, 0) is 48.4 Å². The second kappa shape index (κ2) is 10.7. The highest BCUT2D eigenvalue weighted by atomic mass is 32.2. The van der Waals surface area contributed by atoms with E-state index in [4.69, 9.17) is 4.98 Å². The molecule has 1 heterocycles. The van der Waals surface area contributed by atoms with E-state index in [1.54, 1.807) is 23.5 Å². The quantitative estimate of drug-likeness (QED) is 0.239. The number of benzene rings is 3. The predicted octanol–water partition coefficient (Wildman–Crippen LogP) is 2.71. The summed E-state index contributed by atoms with van der Waals surface area (Å²) in [5.74, 6) is 0. The Morgan fingerprint density at radius 1 is 0.941 bits per heavy atom. The van der Waals surface area contributed by atoms with Crippen LogP contribution in [0, 0.1) is 0 Å². The zero-order valence-electron chi connectivity index (χ0n) is 18.3. The molecule has 3 N–H and O–H groups in total. The Kier molecular flexibility index (Phi) is 7.67. The first-order chi connectivity index (χ1) is 16.4. The van der Waals surface area contributed by atoms with Crippen LogP contribution in [-0.4, -0.2) is 65.9 Å². The number of para-hydroxylation sites is 2. The van der Waals surface area contributed by atoms with Gasteiger partial charge >= 0.3 is 0 Å². The van der Waals surface area contributed by atoms with Gasteiger partial charge in [0.05, 0.1) is 45.0 Å². The molecule has 2 aromatic carbocycles. The lowest BCUT2D eigenvalue weighted by atomic mass is 10.1. The summed E-state index contributed by atoms with van der Waals surface area (Å²) < 4.78 is 34.4. The van der Waals surface area contributed by atoms with Gasteiger partial charge in [0.25, 0.3) is 10.1 Å². The Bertz CT molecular complexity index is 1430. The molecule has 0 fully saturated rings. The number of hydrogen-bond acceptors (Lipinski definition) is 8. The van der Waals surface area contributed by atoms with Crippen molar-refractivity contribution in [3.8, 4) is 10.6 Å². The molecule has 0 radical (unpaired) electrons. The Hall–Kier alpha value is -2.73. The molecule has 0 atom stereocenters. The predicted molar refractivity (Wildman–Crippen MR) is 132 cm³/mol. The molecule has 10 heteroatoms. The monoisotopic (exact) mass is 499 g/mol. The summed E-state index contributed by atoms with van der Waals surface area (Å²) in [6, 6.07) is 17.7. The van der Waals surface area contributed by atoms with Gasteiger partial charge in [0.2, 0.25) is 0 Å². The van der Waals surface area contributed by atoms with Crippen molar-refractivity contribution >= 4 is 37.4 Å². The van der Waals surface area contributed by atoms with Crippen LogP contribution in [0.3, 0.4) is 0 Å². The van der Waals surface area contributed by atoms with Gasteiger partial charge in [-0.2, -0.15) is 8.42 Å². The fourth-order valence-corrected chi connectivity index (χ4v) is 5.36. The summed E-state index contributed by atoms with van der Waals surface area (Å²) in [5, 5.41) is 19.2. The molecule has 2 aliphatic rings. The first-order valence-electron chi connectivity index (χ1n) is 10.8. The number of aromatic nitrogens is 1. The largest absolute Gasteiger partial charge is 0.395 e. The standard InChI is InChI=1S/C24H25N3O5S2/c28-13-11-27(12-14-29)10-9-17-15-21-23(33-22-7-3-1-5-18(22)25-21)16-20(17)26-19-6-2-4-8-24(19)34(30,31)32/h1-8,15-16,28-29H,9-14H2,(H,30,31,32). The van der Waals surface area contributed by atoms with Crippen LogP contribution in [0.4, 0.5) is 5.69 Å². The van der Waals surface area contributed by atoms with E-state index in [1.165, 1.54) is 12.1 Å². The van der Waals surface area contributed by atoms with Crippen molar-refractivity contribution in [2.75, 3.05) is 32.8 Å². The van der Waals surface area contributed by atoms with Crippen molar-refractivity contribution in [3.05, 3.63) is 71.6 Å². The summed E-state index contributed by atoms with van der Waals surface area (Å²) in [4.78, 5) is 12.0. The Balaban J connectivity index is 1.88. The van der Waals surface area contributed by atoms with Crippen LogP contribution in [0.5, 0.6) is 0 Å². The van der Waals surface area contributed by atoms with Crippen molar-refractivity contribution in [2.24, 2.45) is 4.99 Å². The first-order valence-corrected chi connectivity index (χ1v) is 13.0. The van der Waals surface area contributed by atoms with Crippen molar-refractivity contribution in [2.45, 2.75) is 11.3 Å². The van der Waals surface area contributed by atoms with E-state index in [0.717, 1.165) is 26.4 Å². The molecule has 1 aliphatic carbocycles. The van der Waals surface area contributed by atoms with E-state index in [0.29, 0.717) is 31.4 Å². The molecule has 4 rings (SSSR count). The third-order valence-electron chi connectivity index (χ3n) is 5.40. The first kappa shape index (κ1) is 24.4. The van der Waals surface area contributed by atoms with Gasteiger partial charge in [0.1, 0.15) is 4.90 Å². The molecular formula is C24H25N3O5S2. The second-order valence-corrected chi connectivity index (χ2v) is 10.2. The van der Waals surface area contributed by atoms with Crippen LogP contribution in [-0.2, 0) is 16.5 Å². The number of fused-ring (bicyclic) bond motifs is 2. The lowest BCUT2D eigenvalue weighted by Crippen LogP contribution is -2.32. The summed E-state index contributed by atoms with van der Waals surface area (Å²) >= 11 is 1.57. The van der Waals surface area contributed by atoms with Crippen LogP contribution in [0.1, 0.15) is 5.56 Å². The summed E-state index contributed by atoms with van der Waals surface area (Å²) in [5.41, 5.74) is 2.67. The van der Waals surface area contributed by atoms with E-state index < -0.39 is 10.1 Å². The van der Waals surface area contributed by atoms with Crippen molar-refractivity contribution in [1.29, 1.82) is 0 Å². The third-order valence-corrected chi connectivity index (χ3v) is 7.41. The molecule has 178 valence electrons. The smallest absolute Gasteiger partial charge is 0.296 e. The molecule has 0 unspecified atom stereocenters. The van der Waals surface area contributed by atoms with E-state index >= 15 is 0 Å². The minimum atomic E-state index is -4.45. The second-order valence-electron chi connectivity index (χ2n) is 7.72. The summed E-state index contributed by atoms with van der Waals surface area (Å²) in [7, 11) is -4.45. The van der Waals surface area contributed by atoms with Crippen LogP contribution in [0.2, 0.25) is 0 Å². The Morgan fingerprint density at radius 3 is 2.38 bits per heavy atom. The zero-order chi connectivity index (χ0) is 24.1. The van der Waals surface area contributed by atoms with Gasteiger partial charge in [-0.25, -0.2) is 9.98 Å². The van der Waals surface area contributed by atoms with Crippen molar-refractivity contribution < 1.29 is 23.2 Å². The van der Waals surface area contributed by atoms with E-state index in [1.807, 2.05) is 41.3 Å². The minimum Gasteiger partial charge on any atom is -0.395 e. The molecule has 1 aliphatic heterocycles. The number of aliphatic hydroxyl groups excluding tert-OH is 2. The van der Waals surface area contributed by atoms with Crippen LogP contribution in [0.25, 0.3) is 20.8 Å². The van der Waals surface area contributed by atoms with E-state index in [-0.39, 0.29) is 23.8 Å². The molecule has 0 spiro atoms. The fraction of sp³-hybridized carbons (Fsp3) is 0.250. The van der Waals surface area contributed by atoms with Crippen molar-refractivity contribution in [1.82, 2.24) is 9.88 Å². The van der Waals surface area contributed by atoms with Gasteiger partial charge in [0, 0.05) is 19.6 Å². The average Bonchev–Trinajstić information content (AvgIpc) is 2.81. The van der Waals surface area contributed by atoms with Gasteiger partial charge in [-0.1, -0.05) is 24.3 Å². The molecule has 34 heavy (non-hydrogen) atoms. The maximum atomic E-state index is 11.9. The van der Waals surface area contributed by atoms with Crippen LogP contribution >= 0.6 is 11.3 Å². The molecular weight excluding hydrogens is 474 g/mol. The van der Waals surface area contributed by atoms with Crippen molar-refractivity contribution in [3.63, 3.8) is 0 Å². The molecule has 0 bridgehead atoms. The normalized spacial score (nSPS) is 12.8. The molecule has 0 saturated heterocycles. The van der Waals surface area contributed by atoms with E-state index in [9.17, 15) is 23.2 Å². The highest BCUT2D eigenvalue weighted by Gasteiger charge is 2.16. The number of nitrogens with zero attached hydrogens (tertiary/aromatic N) is 3. The maximum absolute atomic E-state index is 11.9. The fourth-order valence-electron chi connectivity index (χ4n) is 3.75. The third kappa shape index (κ3) is 5.66. The minimum absolute atomic E-state index is 0.0219. The topological polar surface area (TPSA) is 123 Å². The van der Waals surface area contributed by atoms with Gasteiger partial charge in [0.15, 0.2) is 0 Å². The number of hydrogen-bond donors (Lipinski definition) is 3. The van der Waals surface area contributed by atoms with Gasteiger partial charge in [-0.15, -0.1) is 11.3 Å². The zero-order valence-corrected chi connectivity index (χ0v) is 20.0. The Morgan fingerprint density at radius 2 is 1.65 bits per heavy atom. The van der Waals surface area contributed by atoms with Gasteiger partial charge < -0.3 is 10.2 Å². The summed E-state index contributed by atoms with van der Waals surface area (Å²) in [6.07, 6.45) is 0.544. The average molecular weight is 500 g/mol. The molecule has 0 saturated carbocycles. The highest BCUT2D eigenvalue weighted by molar-refractivity contribution is 7.86. The van der Waals surface area contributed by atoms with Gasteiger partial charge in [-0.3, -0.25) is 9.45 Å². The molecule has 8 nitrogen and oxygen atoms in total. The summed E-state index contributed by atoms with van der Waals surface area (Å²) in [6.45, 7) is 1.37. The Labute approximate surface area is 201 Å².